The van der Waals surface area contributed by atoms with Crippen LogP contribution in [0.3, 0.4) is 0 Å². The van der Waals surface area contributed by atoms with Gasteiger partial charge in [0.05, 0.1) is 13.5 Å². The van der Waals surface area contributed by atoms with Crippen molar-refractivity contribution in [3.63, 3.8) is 0 Å². The predicted molar refractivity (Wildman–Crippen MR) is 131 cm³/mol. The largest absolute Gasteiger partial charge is 0.504 e. The molecule has 1 amide bonds. The highest BCUT2D eigenvalue weighted by Crippen LogP contribution is 2.26. The van der Waals surface area contributed by atoms with E-state index >= 15 is 0 Å². The molecule has 0 aliphatic rings. The van der Waals surface area contributed by atoms with Gasteiger partial charge in [0, 0.05) is 6.54 Å². The minimum atomic E-state index is 0.00957. The topological polar surface area (TPSA) is 58.6 Å². The summed E-state index contributed by atoms with van der Waals surface area (Å²) in [6.07, 6.45) is 24.2. The van der Waals surface area contributed by atoms with Gasteiger partial charge in [-0.25, -0.2) is 0 Å². The van der Waals surface area contributed by atoms with Crippen LogP contribution in [0.2, 0.25) is 0 Å². The summed E-state index contributed by atoms with van der Waals surface area (Å²) in [4.78, 5) is 12.0. The summed E-state index contributed by atoms with van der Waals surface area (Å²) in [5, 5.41) is 12.6. The molecule has 174 valence electrons. The van der Waals surface area contributed by atoms with Crippen molar-refractivity contribution >= 4 is 5.91 Å². The minimum absolute atomic E-state index is 0.00957. The maximum atomic E-state index is 12.0. The van der Waals surface area contributed by atoms with Gasteiger partial charge in [0.1, 0.15) is 0 Å². The first-order valence-corrected chi connectivity index (χ1v) is 12.1. The van der Waals surface area contributed by atoms with Gasteiger partial charge in [0.25, 0.3) is 0 Å². The summed E-state index contributed by atoms with van der Waals surface area (Å²) in [5.74, 6) is 0.499. The molecule has 0 saturated carbocycles. The van der Waals surface area contributed by atoms with Crippen molar-refractivity contribution in [2.45, 2.75) is 90.4 Å². The zero-order valence-corrected chi connectivity index (χ0v) is 19.7. The SMILES string of the molecule is CCCCC/C=C\C/C=C\CCCCCCCCNC(=O)Cc1ccc(O)c(OC)c1. The summed E-state index contributed by atoms with van der Waals surface area (Å²) in [6, 6.07) is 5.01. The number of carbonyl (C=O) groups excluding carboxylic acids is 1. The van der Waals surface area contributed by atoms with Crippen molar-refractivity contribution in [1.29, 1.82) is 0 Å². The van der Waals surface area contributed by atoms with Crippen LogP contribution in [-0.4, -0.2) is 24.7 Å². The summed E-state index contributed by atoms with van der Waals surface area (Å²) >= 11 is 0. The second-order valence-corrected chi connectivity index (χ2v) is 8.12. The summed E-state index contributed by atoms with van der Waals surface area (Å²) in [7, 11) is 1.50. The van der Waals surface area contributed by atoms with Gasteiger partial charge in [-0.1, -0.05) is 75.8 Å². The van der Waals surface area contributed by atoms with Crippen LogP contribution >= 0.6 is 0 Å². The third-order valence-corrected chi connectivity index (χ3v) is 5.31. The zero-order valence-electron chi connectivity index (χ0n) is 19.7. The molecule has 0 spiro atoms. The van der Waals surface area contributed by atoms with Crippen LogP contribution in [0, 0.1) is 0 Å². The number of phenols is 1. The quantitative estimate of drug-likeness (QED) is 0.198. The molecule has 0 radical (unpaired) electrons. The molecule has 1 rings (SSSR count). The zero-order chi connectivity index (χ0) is 22.6. The molecule has 0 unspecified atom stereocenters. The van der Waals surface area contributed by atoms with Crippen LogP contribution in [0.15, 0.2) is 42.5 Å². The van der Waals surface area contributed by atoms with E-state index in [0.717, 1.165) is 31.4 Å². The van der Waals surface area contributed by atoms with Gasteiger partial charge >= 0.3 is 0 Å². The van der Waals surface area contributed by atoms with Gasteiger partial charge in [-0.3, -0.25) is 4.79 Å². The number of carbonyl (C=O) groups is 1. The van der Waals surface area contributed by atoms with Crippen LogP contribution in [0.25, 0.3) is 0 Å². The molecule has 1 aromatic carbocycles. The molecule has 0 aromatic heterocycles. The lowest BCUT2D eigenvalue weighted by Crippen LogP contribution is -2.26. The van der Waals surface area contributed by atoms with Crippen LogP contribution in [0.1, 0.15) is 89.5 Å². The second-order valence-electron chi connectivity index (χ2n) is 8.12. The second kappa shape index (κ2) is 18.5. The van der Waals surface area contributed by atoms with E-state index in [1.807, 2.05) is 0 Å². The van der Waals surface area contributed by atoms with Crippen molar-refractivity contribution < 1.29 is 14.6 Å². The summed E-state index contributed by atoms with van der Waals surface area (Å²) in [5.41, 5.74) is 0.837. The van der Waals surface area contributed by atoms with E-state index in [-0.39, 0.29) is 11.7 Å². The fourth-order valence-corrected chi connectivity index (χ4v) is 3.42. The lowest BCUT2D eigenvalue weighted by molar-refractivity contribution is -0.120. The van der Waals surface area contributed by atoms with Gasteiger partial charge in [-0.15, -0.1) is 0 Å². The number of nitrogens with one attached hydrogen (secondary N) is 1. The van der Waals surface area contributed by atoms with Crippen molar-refractivity contribution in [1.82, 2.24) is 5.32 Å². The normalized spacial score (nSPS) is 11.4. The van der Waals surface area contributed by atoms with Crippen molar-refractivity contribution in [3.05, 3.63) is 48.1 Å². The van der Waals surface area contributed by atoms with E-state index in [0.29, 0.717) is 12.2 Å². The minimum Gasteiger partial charge on any atom is -0.504 e. The fourth-order valence-electron chi connectivity index (χ4n) is 3.42. The van der Waals surface area contributed by atoms with Crippen LogP contribution in [-0.2, 0) is 11.2 Å². The lowest BCUT2D eigenvalue weighted by atomic mass is 10.1. The summed E-state index contributed by atoms with van der Waals surface area (Å²) in [6.45, 7) is 2.97. The Balaban J connectivity index is 1.93. The molecular formula is C27H43NO3. The molecule has 4 heteroatoms. The summed E-state index contributed by atoms with van der Waals surface area (Å²) < 4.78 is 5.08. The number of methoxy groups -OCH3 is 1. The van der Waals surface area contributed by atoms with Gasteiger partial charge < -0.3 is 15.2 Å². The smallest absolute Gasteiger partial charge is 0.224 e. The molecular weight excluding hydrogens is 386 g/mol. The Morgan fingerprint density at radius 1 is 0.935 bits per heavy atom. The van der Waals surface area contributed by atoms with Gasteiger partial charge in [-0.05, 0) is 56.2 Å². The highest BCUT2D eigenvalue weighted by atomic mass is 16.5. The Labute approximate surface area is 189 Å². The fraction of sp³-hybridized carbons (Fsp3) is 0.593. The standard InChI is InChI=1S/C27H43NO3/c1-3-4-5-6-7-8-9-10-11-12-13-14-15-16-17-18-21-28-27(30)23-24-19-20-25(29)26(22-24)31-2/h7-8,10-11,19-20,22,29H,3-6,9,12-18,21,23H2,1-2H3,(H,28,30)/b8-7-,11-10-. The number of benzene rings is 1. The van der Waals surface area contributed by atoms with Crippen molar-refractivity contribution in [2.24, 2.45) is 0 Å². The monoisotopic (exact) mass is 429 g/mol. The molecule has 1 aromatic rings. The maximum absolute atomic E-state index is 12.0. The van der Waals surface area contributed by atoms with E-state index < -0.39 is 0 Å². The van der Waals surface area contributed by atoms with Gasteiger partial charge in [0.2, 0.25) is 5.91 Å². The number of hydrogen-bond donors (Lipinski definition) is 2. The highest BCUT2D eigenvalue weighted by Gasteiger charge is 2.07. The van der Waals surface area contributed by atoms with E-state index in [1.165, 1.54) is 64.9 Å². The van der Waals surface area contributed by atoms with E-state index in [4.69, 9.17) is 4.74 Å². The molecule has 0 bridgehead atoms. The molecule has 2 N–H and O–H groups in total. The highest BCUT2D eigenvalue weighted by molar-refractivity contribution is 5.78. The average Bonchev–Trinajstić information content (AvgIpc) is 2.77. The Morgan fingerprint density at radius 3 is 2.26 bits per heavy atom. The molecule has 0 saturated heterocycles. The van der Waals surface area contributed by atoms with Crippen LogP contribution < -0.4 is 10.1 Å². The average molecular weight is 430 g/mol. The molecule has 0 atom stereocenters. The van der Waals surface area contributed by atoms with E-state index in [9.17, 15) is 9.90 Å². The van der Waals surface area contributed by atoms with Crippen LogP contribution in [0.5, 0.6) is 11.5 Å². The van der Waals surface area contributed by atoms with Crippen LogP contribution in [0.4, 0.5) is 0 Å². The number of rotatable bonds is 18. The number of unbranched alkanes of at least 4 members (excludes halogenated alkanes) is 9. The first-order chi connectivity index (χ1) is 15.2. The number of hydrogen-bond acceptors (Lipinski definition) is 3. The number of aromatic hydroxyl groups is 1. The molecule has 0 aliphatic carbocycles. The Kier molecular flexibility index (Phi) is 16.0. The van der Waals surface area contributed by atoms with E-state index in [1.54, 1.807) is 18.2 Å². The molecule has 31 heavy (non-hydrogen) atoms. The van der Waals surface area contributed by atoms with Gasteiger partial charge in [0.15, 0.2) is 11.5 Å². The molecule has 4 nitrogen and oxygen atoms in total. The number of allylic oxidation sites excluding steroid dienone is 4. The predicted octanol–water partition coefficient (Wildman–Crippen LogP) is 6.87. The maximum Gasteiger partial charge on any atom is 0.224 e. The number of ether oxygens (including phenoxy) is 1. The molecule has 0 heterocycles. The lowest BCUT2D eigenvalue weighted by Gasteiger charge is -2.08. The third-order valence-electron chi connectivity index (χ3n) is 5.31. The Hall–Kier alpha value is -2.23. The third kappa shape index (κ3) is 14.4. The molecule has 0 fully saturated rings. The van der Waals surface area contributed by atoms with Crippen molar-refractivity contribution in [2.75, 3.05) is 13.7 Å². The number of amides is 1. The Morgan fingerprint density at radius 2 is 1.58 bits per heavy atom. The first-order valence-electron chi connectivity index (χ1n) is 12.1. The first kappa shape index (κ1) is 26.8. The van der Waals surface area contributed by atoms with E-state index in [2.05, 4.69) is 36.5 Å². The number of phenolic OH excluding ortho intramolecular Hbond substituents is 1. The van der Waals surface area contributed by atoms with Gasteiger partial charge in [-0.2, -0.15) is 0 Å². The Bertz CT molecular complexity index is 652. The molecule has 0 aliphatic heterocycles. The van der Waals surface area contributed by atoms with Crippen molar-refractivity contribution in [3.8, 4) is 11.5 Å².